The zero-order valence-electron chi connectivity index (χ0n) is 18.6. The zero-order chi connectivity index (χ0) is 25.9. The highest BCUT2D eigenvalue weighted by molar-refractivity contribution is 7.13. The van der Waals surface area contributed by atoms with Crippen molar-refractivity contribution in [2.45, 2.75) is 25.4 Å². The number of hydrogen-bond donors (Lipinski definition) is 1. The van der Waals surface area contributed by atoms with Crippen molar-refractivity contribution in [1.29, 1.82) is 0 Å². The lowest BCUT2D eigenvalue weighted by molar-refractivity contribution is -0.137. The van der Waals surface area contributed by atoms with Crippen molar-refractivity contribution >= 4 is 40.3 Å². The highest BCUT2D eigenvalue weighted by Gasteiger charge is 2.33. The van der Waals surface area contributed by atoms with Crippen molar-refractivity contribution in [2.24, 2.45) is 0 Å². The fourth-order valence-electron chi connectivity index (χ4n) is 3.29. The van der Waals surface area contributed by atoms with Crippen molar-refractivity contribution < 1.29 is 22.8 Å². The molecule has 184 valence electrons. The first-order valence-electron chi connectivity index (χ1n) is 10.5. The lowest BCUT2D eigenvalue weighted by atomic mass is 10.0. The van der Waals surface area contributed by atoms with Crippen LogP contribution in [0.5, 0.6) is 0 Å². The third kappa shape index (κ3) is 5.92. The van der Waals surface area contributed by atoms with E-state index < -0.39 is 22.7 Å². The van der Waals surface area contributed by atoms with Crippen LogP contribution in [0.15, 0.2) is 61.3 Å². The molecule has 0 saturated carbocycles. The molecule has 0 aliphatic rings. The summed E-state index contributed by atoms with van der Waals surface area (Å²) in [5.74, 6) is -1.17. The Morgan fingerprint density at radius 2 is 1.92 bits per heavy atom. The van der Waals surface area contributed by atoms with Crippen molar-refractivity contribution in [3.05, 3.63) is 87.5 Å². The third-order valence-corrected chi connectivity index (χ3v) is 6.66. The Kier molecular flexibility index (Phi) is 7.41. The molecule has 0 unspecified atom stereocenters. The van der Waals surface area contributed by atoms with E-state index in [-0.39, 0.29) is 34.4 Å². The predicted octanol–water partition coefficient (Wildman–Crippen LogP) is 6.30. The van der Waals surface area contributed by atoms with Crippen molar-refractivity contribution in [3.63, 3.8) is 0 Å². The first-order valence-corrected chi connectivity index (χ1v) is 11.7. The molecule has 4 aromatic rings. The van der Waals surface area contributed by atoms with Gasteiger partial charge in [-0.25, -0.2) is 15.0 Å². The first kappa shape index (κ1) is 25.4. The van der Waals surface area contributed by atoms with Crippen LogP contribution in [0.2, 0.25) is 5.02 Å². The molecule has 0 radical (unpaired) electrons. The van der Waals surface area contributed by atoms with E-state index in [1.54, 1.807) is 31.5 Å². The van der Waals surface area contributed by atoms with Crippen LogP contribution in [0, 0.1) is 0 Å². The van der Waals surface area contributed by atoms with Crippen molar-refractivity contribution in [1.82, 2.24) is 19.9 Å². The van der Waals surface area contributed by atoms with Crippen LogP contribution < -0.4 is 5.32 Å². The van der Waals surface area contributed by atoms with E-state index in [1.165, 1.54) is 18.6 Å². The maximum Gasteiger partial charge on any atom is 0.417 e. The summed E-state index contributed by atoms with van der Waals surface area (Å²) in [6.45, 7) is 1.79. The molecule has 3 heterocycles. The molecule has 1 aromatic carbocycles. The lowest BCUT2D eigenvalue weighted by Gasteiger charge is -2.11. The molecule has 1 amide bonds. The maximum atomic E-state index is 13.1. The number of hydrogen-bond acceptors (Lipinski definition) is 7. The van der Waals surface area contributed by atoms with E-state index in [1.807, 2.05) is 6.07 Å². The van der Waals surface area contributed by atoms with Gasteiger partial charge >= 0.3 is 6.18 Å². The third-order valence-electron chi connectivity index (χ3n) is 5.10. The molecule has 0 aliphatic heterocycles. The van der Waals surface area contributed by atoms with E-state index in [4.69, 9.17) is 11.6 Å². The number of nitrogens with zero attached hydrogens (tertiary/aromatic N) is 4. The normalized spacial score (nSPS) is 12.2. The summed E-state index contributed by atoms with van der Waals surface area (Å²) >= 11 is 6.67. The second-order valence-corrected chi connectivity index (χ2v) is 9.24. The second-order valence-electron chi connectivity index (χ2n) is 7.77. The summed E-state index contributed by atoms with van der Waals surface area (Å²) in [7, 11) is 0. The van der Waals surface area contributed by atoms with Crippen LogP contribution in [0.4, 0.5) is 18.9 Å². The van der Waals surface area contributed by atoms with Crippen LogP contribution >= 0.6 is 22.9 Å². The number of Topliss-reactive ketones (excluding diaryl/α,β-unsaturated/α-hetero) is 1. The Hall–Kier alpha value is -3.70. The second kappa shape index (κ2) is 10.5. The topological polar surface area (TPSA) is 97.7 Å². The van der Waals surface area contributed by atoms with Gasteiger partial charge in [-0.05, 0) is 36.4 Å². The van der Waals surface area contributed by atoms with Crippen LogP contribution in [0.25, 0.3) is 11.3 Å². The van der Waals surface area contributed by atoms with Crippen LogP contribution in [-0.4, -0.2) is 31.6 Å². The molecule has 4 rings (SSSR count). The van der Waals surface area contributed by atoms with Gasteiger partial charge in [0.05, 0.1) is 27.5 Å². The van der Waals surface area contributed by atoms with E-state index in [0.29, 0.717) is 10.7 Å². The molecule has 7 nitrogen and oxygen atoms in total. The van der Waals surface area contributed by atoms with Gasteiger partial charge in [0.25, 0.3) is 5.91 Å². The number of halogens is 4. The number of rotatable bonds is 7. The number of aromatic nitrogens is 4. The zero-order valence-corrected chi connectivity index (χ0v) is 20.2. The Bertz CT molecular complexity index is 1410. The number of alkyl halides is 3. The fraction of sp³-hybridized carbons (Fsp3) is 0.167. The minimum atomic E-state index is -4.65. The van der Waals surface area contributed by atoms with Crippen LogP contribution in [0.1, 0.15) is 50.0 Å². The van der Waals surface area contributed by atoms with Gasteiger partial charge in [0, 0.05) is 36.0 Å². The molecular weight excluding hydrogens is 515 g/mol. The number of anilines is 1. The predicted molar refractivity (Wildman–Crippen MR) is 129 cm³/mol. The molecule has 0 saturated heterocycles. The highest BCUT2D eigenvalue weighted by atomic mass is 35.5. The molecule has 1 atom stereocenters. The standard InChI is InChI=1S/C24H17ClF3N5O2S/c1-13(7-20(34)19-9-18(31-12-32-19)14-3-2-6-29-10-14)23-30-11-21(36-23)22(35)33-15-4-5-17(25)16(8-15)24(26,27)28/h2-6,8-13H,7H2,1H3,(H,33,35)/t13-/m1/s1. The summed E-state index contributed by atoms with van der Waals surface area (Å²) in [4.78, 5) is 42.1. The SMILES string of the molecule is C[C@H](CC(=O)c1cc(-c2cccnc2)ncn1)c1ncc(C(=O)Nc2ccc(Cl)c(C(F)(F)F)c2)s1. The number of carbonyl (C=O) groups excluding carboxylic acids is 2. The number of thiazole rings is 1. The first-order chi connectivity index (χ1) is 17.1. The van der Waals surface area contributed by atoms with Crippen LogP contribution in [-0.2, 0) is 6.18 Å². The number of ketones is 1. The largest absolute Gasteiger partial charge is 0.417 e. The van der Waals surface area contributed by atoms with Gasteiger partial charge in [0.2, 0.25) is 0 Å². The van der Waals surface area contributed by atoms with Crippen LogP contribution in [0.3, 0.4) is 0 Å². The molecule has 36 heavy (non-hydrogen) atoms. The molecule has 0 bridgehead atoms. The highest BCUT2D eigenvalue weighted by Crippen LogP contribution is 2.36. The van der Waals surface area contributed by atoms with Gasteiger partial charge in [-0.15, -0.1) is 11.3 Å². The van der Waals surface area contributed by atoms with Gasteiger partial charge in [-0.2, -0.15) is 13.2 Å². The Balaban J connectivity index is 1.43. The Morgan fingerprint density at radius 3 is 2.64 bits per heavy atom. The van der Waals surface area contributed by atoms with Gasteiger partial charge in [-0.3, -0.25) is 14.6 Å². The summed E-state index contributed by atoms with van der Waals surface area (Å²) in [6.07, 6.45) is 1.34. The molecule has 0 aliphatic carbocycles. The van der Waals surface area contributed by atoms with Crippen molar-refractivity contribution in [3.8, 4) is 11.3 Å². The monoisotopic (exact) mass is 531 g/mol. The van der Waals surface area contributed by atoms with E-state index in [2.05, 4.69) is 25.3 Å². The van der Waals surface area contributed by atoms with Gasteiger partial charge in [0.1, 0.15) is 16.9 Å². The van der Waals surface area contributed by atoms with Gasteiger partial charge in [-0.1, -0.05) is 18.5 Å². The molecular formula is C24H17ClF3N5O2S. The molecule has 12 heteroatoms. The number of carbonyl (C=O) groups is 2. The quantitative estimate of drug-likeness (QED) is 0.281. The minimum absolute atomic E-state index is 0.0527. The Morgan fingerprint density at radius 1 is 1.11 bits per heavy atom. The number of benzene rings is 1. The van der Waals surface area contributed by atoms with Crippen molar-refractivity contribution in [2.75, 3.05) is 5.32 Å². The van der Waals surface area contributed by atoms with E-state index in [0.717, 1.165) is 29.0 Å². The lowest BCUT2D eigenvalue weighted by Crippen LogP contribution is -2.12. The molecule has 0 fully saturated rings. The summed E-state index contributed by atoms with van der Waals surface area (Å²) in [5, 5.41) is 2.49. The number of amides is 1. The van der Waals surface area contributed by atoms with E-state index >= 15 is 0 Å². The average Bonchev–Trinajstić information content (AvgIpc) is 3.36. The van der Waals surface area contributed by atoms with Gasteiger partial charge in [0.15, 0.2) is 5.78 Å². The summed E-state index contributed by atoms with van der Waals surface area (Å²) in [6, 6.07) is 8.29. The number of pyridine rings is 1. The Labute approximate surface area is 212 Å². The smallest absolute Gasteiger partial charge is 0.321 e. The summed E-state index contributed by atoms with van der Waals surface area (Å²) < 4.78 is 39.2. The summed E-state index contributed by atoms with van der Waals surface area (Å²) in [5.41, 5.74) is 0.464. The van der Waals surface area contributed by atoms with E-state index in [9.17, 15) is 22.8 Å². The average molecular weight is 532 g/mol. The molecule has 1 N–H and O–H groups in total. The molecule has 0 spiro atoms. The minimum Gasteiger partial charge on any atom is -0.321 e. The molecule has 3 aromatic heterocycles. The fourth-order valence-corrected chi connectivity index (χ4v) is 4.37. The van der Waals surface area contributed by atoms with Gasteiger partial charge < -0.3 is 5.32 Å². The maximum absolute atomic E-state index is 13.1. The number of nitrogens with one attached hydrogen (secondary N) is 1.